The number of nitrogens with one attached hydrogen (secondary N) is 1. The van der Waals surface area contributed by atoms with Crippen LogP contribution in [0.15, 0.2) is 75.5 Å². The van der Waals surface area contributed by atoms with Gasteiger partial charge in [-0.1, -0.05) is 47.4 Å². The second-order valence-electron chi connectivity index (χ2n) is 6.22. The number of para-hydroxylation sites is 1. The van der Waals surface area contributed by atoms with E-state index in [0.717, 1.165) is 10.2 Å². The Labute approximate surface area is 184 Å². The fourth-order valence-electron chi connectivity index (χ4n) is 2.77. The van der Waals surface area contributed by atoms with E-state index in [9.17, 15) is 18.8 Å². The molecule has 2 aromatic heterocycles. The number of hydrogen-bond donors (Lipinski definition) is 1. The molecular formula is C22H13F2N3O2S2. The Kier molecular flexibility index (Phi) is 6.11. The van der Waals surface area contributed by atoms with E-state index in [4.69, 9.17) is 4.42 Å². The molecule has 31 heavy (non-hydrogen) atoms. The van der Waals surface area contributed by atoms with E-state index in [1.54, 1.807) is 36.4 Å². The summed E-state index contributed by atoms with van der Waals surface area (Å²) in [7, 11) is 0. The van der Waals surface area contributed by atoms with Gasteiger partial charge < -0.3 is 4.42 Å². The summed E-state index contributed by atoms with van der Waals surface area (Å²) in [5, 5.41) is 12.4. The zero-order valence-electron chi connectivity index (χ0n) is 15.7. The number of thiazole rings is 1. The van der Waals surface area contributed by atoms with Gasteiger partial charge in [0.1, 0.15) is 23.2 Å². The van der Waals surface area contributed by atoms with Gasteiger partial charge in [0.2, 0.25) is 0 Å². The maximum absolute atomic E-state index is 12.5. The lowest BCUT2D eigenvalue weighted by atomic mass is 10.2. The number of fused-ring (bicyclic) bond motifs is 1. The summed E-state index contributed by atoms with van der Waals surface area (Å²) in [6, 6.07) is 19.1. The first-order chi connectivity index (χ1) is 15.0. The van der Waals surface area contributed by atoms with E-state index in [1.807, 2.05) is 30.3 Å². The minimum absolute atomic E-state index is 0.135. The summed E-state index contributed by atoms with van der Waals surface area (Å²) < 4.78 is 31.5. The first-order valence-electron chi connectivity index (χ1n) is 8.95. The molecule has 4 rings (SSSR count). The number of halogens is 2. The van der Waals surface area contributed by atoms with E-state index in [1.165, 1.54) is 17.4 Å². The highest BCUT2D eigenvalue weighted by Gasteiger charge is 2.14. The number of carbonyl (C=O) groups is 1. The quantitative estimate of drug-likeness (QED) is 0.207. The summed E-state index contributed by atoms with van der Waals surface area (Å²) in [5.74, 6) is -2.27. The fraction of sp³-hybridized carbons (Fsp3) is 0.0455. The van der Waals surface area contributed by atoms with Gasteiger partial charge >= 0.3 is 0 Å². The van der Waals surface area contributed by atoms with Crippen molar-refractivity contribution in [2.24, 2.45) is 0 Å². The Balaban J connectivity index is 1.49. The lowest BCUT2D eigenvalue weighted by molar-refractivity contribution is -0.112. The van der Waals surface area contributed by atoms with Crippen molar-refractivity contribution in [1.82, 2.24) is 4.98 Å². The molecule has 1 N–H and O–H groups in total. The molecule has 1 amide bonds. The predicted molar refractivity (Wildman–Crippen MR) is 118 cm³/mol. The lowest BCUT2D eigenvalue weighted by Crippen LogP contribution is -2.13. The van der Waals surface area contributed by atoms with Crippen LogP contribution in [0.2, 0.25) is 0 Å². The Morgan fingerprint density at radius 2 is 1.94 bits per heavy atom. The second-order valence-corrected chi connectivity index (χ2v) is 8.31. The third-order valence-corrected chi connectivity index (χ3v) is 5.83. The van der Waals surface area contributed by atoms with Crippen LogP contribution in [0.1, 0.15) is 5.76 Å². The molecule has 0 saturated carbocycles. The summed E-state index contributed by atoms with van der Waals surface area (Å²) in [4.78, 5) is 17.3. The van der Waals surface area contributed by atoms with E-state index in [-0.39, 0.29) is 5.57 Å². The molecule has 0 unspecified atom stereocenters. The van der Waals surface area contributed by atoms with Crippen LogP contribution in [-0.2, 0) is 4.79 Å². The highest BCUT2D eigenvalue weighted by molar-refractivity contribution is 7.99. The highest BCUT2D eigenvalue weighted by Crippen LogP contribution is 2.29. The van der Waals surface area contributed by atoms with Crippen molar-refractivity contribution in [3.63, 3.8) is 0 Å². The van der Waals surface area contributed by atoms with E-state index >= 15 is 0 Å². The van der Waals surface area contributed by atoms with Crippen LogP contribution in [0.5, 0.6) is 0 Å². The molecule has 9 heteroatoms. The van der Waals surface area contributed by atoms with E-state index in [0.29, 0.717) is 38.9 Å². The number of furan rings is 1. The molecule has 5 nitrogen and oxygen atoms in total. The molecule has 4 aromatic rings. The maximum atomic E-state index is 12.5. The minimum Gasteiger partial charge on any atom is -0.457 e. The van der Waals surface area contributed by atoms with Crippen molar-refractivity contribution in [3.05, 3.63) is 72.0 Å². The Bertz CT molecular complexity index is 1270. The van der Waals surface area contributed by atoms with Gasteiger partial charge in [-0.2, -0.15) is 14.0 Å². The first-order valence-corrected chi connectivity index (χ1v) is 10.7. The largest absolute Gasteiger partial charge is 0.457 e. The number of nitriles is 1. The van der Waals surface area contributed by atoms with Crippen LogP contribution in [-0.4, -0.2) is 16.6 Å². The number of amides is 1. The van der Waals surface area contributed by atoms with Crippen LogP contribution in [0.3, 0.4) is 0 Å². The number of nitrogens with zero attached hydrogens (tertiary/aromatic N) is 2. The number of alkyl halides is 2. The number of hydrogen-bond acceptors (Lipinski definition) is 6. The number of aromatic nitrogens is 1. The van der Waals surface area contributed by atoms with Gasteiger partial charge in [0.25, 0.3) is 11.7 Å². The molecule has 0 fully saturated rings. The zero-order chi connectivity index (χ0) is 21.8. The molecule has 0 atom stereocenters. The van der Waals surface area contributed by atoms with Crippen molar-refractivity contribution in [1.29, 1.82) is 5.26 Å². The highest BCUT2D eigenvalue weighted by atomic mass is 32.2. The molecule has 0 bridgehead atoms. The van der Waals surface area contributed by atoms with Gasteiger partial charge in [0.15, 0.2) is 5.13 Å². The number of carbonyl (C=O) groups excluding carboxylic acids is 1. The molecule has 0 saturated heterocycles. The van der Waals surface area contributed by atoms with Gasteiger partial charge in [-0.3, -0.25) is 10.1 Å². The number of anilines is 1. The molecule has 154 valence electrons. The Morgan fingerprint density at radius 1 is 1.16 bits per heavy atom. The van der Waals surface area contributed by atoms with Gasteiger partial charge in [-0.25, -0.2) is 4.98 Å². The molecule has 2 aromatic carbocycles. The van der Waals surface area contributed by atoms with Crippen molar-refractivity contribution >= 4 is 50.4 Å². The molecule has 0 radical (unpaired) electrons. The number of rotatable bonds is 6. The summed E-state index contributed by atoms with van der Waals surface area (Å²) in [6.45, 7) is 0. The van der Waals surface area contributed by atoms with Crippen molar-refractivity contribution in [3.8, 4) is 17.4 Å². The molecule has 0 spiro atoms. The predicted octanol–water partition coefficient (Wildman–Crippen LogP) is 6.42. The van der Waals surface area contributed by atoms with Crippen molar-refractivity contribution < 1.29 is 18.0 Å². The molecular weight excluding hydrogens is 440 g/mol. The maximum Gasteiger partial charge on any atom is 0.288 e. The zero-order valence-corrected chi connectivity index (χ0v) is 17.3. The summed E-state index contributed by atoms with van der Waals surface area (Å²) in [5.41, 5.74) is 1.32. The minimum atomic E-state index is -2.48. The Hall–Kier alpha value is -3.48. The topological polar surface area (TPSA) is 78.9 Å². The van der Waals surface area contributed by atoms with Gasteiger partial charge in [-0.15, -0.1) is 0 Å². The normalized spacial score (nSPS) is 11.6. The molecule has 0 aliphatic heterocycles. The van der Waals surface area contributed by atoms with Gasteiger partial charge in [0, 0.05) is 16.5 Å². The summed E-state index contributed by atoms with van der Waals surface area (Å²) in [6.07, 6.45) is 1.34. The van der Waals surface area contributed by atoms with Crippen molar-refractivity contribution in [2.45, 2.75) is 10.7 Å². The van der Waals surface area contributed by atoms with Crippen LogP contribution in [0, 0.1) is 11.3 Å². The first kappa shape index (κ1) is 20.8. The van der Waals surface area contributed by atoms with E-state index < -0.39 is 11.7 Å². The van der Waals surface area contributed by atoms with Gasteiger partial charge in [0.05, 0.1) is 10.2 Å². The number of benzene rings is 2. The van der Waals surface area contributed by atoms with E-state index in [2.05, 4.69) is 10.3 Å². The van der Waals surface area contributed by atoms with Crippen LogP contribution in [0.25, 0.3) is 27.6 Å². The SMILES string of the molecule is N#CC(=Cc1ccc(-c2ccc(SC(F)F)cc2)o1)C(=O)Nc1nc2ccccc2s1. The monoisotopic (exact) mass is 453 g/mol. The average Bonchev–Trinajstić information content (AvgIpc) is 3.38. The van der Waals surface area contributed by atoms with Crippen LogP contribution >= 0.6 is 23.1 Å². The molecule has 0 aliphatic rings. The number of thioether (sulfide) groups is 1. The van der Waals surface area contributed by atoms with Gasteiger partial charge in [-0.05, 0) is 36.4 Å². The second kappa shape index (κ2) is 9.12. The summed E-state index contributed by atoms with van der Waals surface area (Å²) >= 11 is 1.78. The molecule has 0 aliphatic carbocycles. The average molecular weight is 453 g/mol. The third kappa shape index (κ3) is 4.99. The van der Waals surface area contributed by atoms with Crippen LogP contribution in [0.4, 0.5) is 13.9 Å². The molecule has 2 heterocycles. The smallest absolute Gasteiger partial charge is 0.288 e. The standard InChI is InChI=1S/C22H13F2N3O2S2/c23-21(24)30-16-8-5-13(6-9-16)18-10-7-15(29-18)11-14(12-25)20(28)27-22-26-17-3-1-2-4-19(17)31-22/h1-11,21H,(H,26,27,28). The lowest BCUT2D eigenvalue weighted by Gasteiger charge is -2.01. The Morgan fingerprint density at radius 3 is 2.65 bits per heavy atom. The van der Waals surface area contributed by atoms with Crippen molar-refractivity contribution in [2.75, 3.05) is 5.32 Å². The fourth-order valence-corrected chi connectivity index (χ4v) is 4.13. The van der Waals surface area contributed by atoms with Crippen LogP contribution < -0.4 is 5.32 Å². The third-order valence-electron chi connectivity index (χ3n) is 4.16.